The van der Waals surface area contributed by atoms with Gasteiger partial charge < -0.3 is 5.32 Å². The molecule has 0 saturated heterocycles. The van der Waals surface area contributed by atoms with Crippen molar-refractivity contribution >= 4 is 15.9 Å². The van der Waals surface area contributed by atoms with Gasteiger partial charge in [-0.15, -0.1) is 0 Å². The minimum absolute atomic E-state index is 0.107. The highest BCUT2D eigenvalue weighted by Crippen LogP contribution is 2.14. The monoisotopic (exact) mass is 329 g/mol. The van der Waals surface area contributed by atoms with Crippen molar-refractivity contribution in [1.82, 2.24) is 5.32 Å². The Morgan fingerprint density at radius 2 is 1.47 bits per heavy atom. The molecule has 0 spiro atoms. The molecule has 0 radical (unpaired) electrons. The maximum Gasteiger partial charge on any atom is 0.161 e. The number of nitrogens with one attached hydrogen (secondary N) is 1. The van der Waals surface area contributed by atoms with Crippen molar-refractivity contribution in [2.45, 2.75) is 13.1 Å². The molecule has 2 aromatic carbocycles. The molecule has 100 valence electrons. The van der Waals surface area contributed by atoms with Crippen molar-refractivity contribution in [1.29, 1.82) is 0 Å². The van der Waals surface area contributed by atoms with Crippen molar-refractivity contribution in [3.05, 3.63) is 69.4 Å². The second kappa shape index (κ2) is 6.21. The van der Waals surface area contributed by atoms with Crippen LogP contribution in [0.4, 0.5) is 13.2 Å². The average Bonchev–Trinajstić information content (AvgIpc) is 2.38. The second-order valence-electron chi connectivity index (χ2n) is 4.09. The lowest BCUT2D eigenvalue weighted by molar-refractivity contribution is 0.487. The van der Waals surface area contributed by atoms with E-state index in [1.807, 2.05) is 24.3 Å². The molecule has 0 fully saturated rings. The van der Waals surface area contributed by atoms with E-state index in [9.17, 15) is 13.2 Å². The van der Waals surface area contributed by atoms with Crippen LogP contribution in [0.25, 0.3) is 0 Å². The third-order valence-electron chi connectivity index (χ3n) is 2.65. The fourth-order valence-electron chi connectivity index (χ4n) is 1.64. The quantitative estimate of drug-likeness (QED) is 0.830. The highest BCUT2D eigenvalue weighted by molar-refractivity contribution is 9.10. The summed E-state index contributed by atoms with van der Waals surface area (Å²) >= 11 is 3.33. The largest absolute Gasteiger partial charge is 0.309 e. The first-order valence-electron chi connectivity index (χ1n) is 5.65. The van der Waals surface area contributed by atoms with Gasteiger partial charge in [0.2, 0.25) is 0 Å². The molecule has 0 aliphatic carbocycles. The van der Waals surface area contributed by atoms with Gasteiger partial charge in [0.05, 0.1) is 0 Å². The van der Waals surface area contributed by atoms with Crippen LogP contribution in [0.1, 0.15) is 11.1 Å². The molecule has 1 nitrogen and oxygen atoms in total. The van der Waals surface area contributed by atoms with E-state index < -0.39 is 17.5 Å². The Kier molecular flexibility index (Phi) is 4.61. The first-order chi connectivity index (χ1) is 9.06. The number of hydrogen-bond acceptors (Lipinski definition) is 1. The van der Waals surface area contributed by atoms with Gasteiger partial charge in [-0.25, -0.2) is 13.2 Å². The topological polar surface area (TPSA) is 12.0 Å². The van der Waals surface area contributed by atoms with Gasteiger partial charge >= 0.3 is 0 Å². The summed E-state index contributed by atoms with van der Waals surface area (Å²) in [6.07, 6.45) is 0. The third-order valence-corrected chi connectivity index (χ3v) is 3.18. The van der Waals surface area contributed by atoms with E-state index in [-0.39, 0.29) is 12.1 Å². The first kappa shape index (κ1) is 14.1. The van der Waals surface area contributed by atoms with Crippen molar-refractivity contribution in [2.75, 3.05) is 0 Å². The van der Waals surface area contributed by atoms with Gasteiger partial charge in [-0.05, 0) is 23.8 Å². The predicted molar refractivity (Wildman–Crippen MR) is 71.0 cm³/mol. The van der Waals surface area contributed by atoms with Crippen molar-refractivity contribution in [3.63, 3.8) is 0 Å². The summed E-state index contributed by atoms with van der Waals surface area (Å²) in [4.78, 5) is 0. The van der Waals surface area contributed by atoms with Crippen LogP contribution in [0.5, 0.6) is 0 Å². The highest BCUT2D eigenvalue weighted by Gasteiger charge is 2.09. The average molecular weight is 330 g/mol. The molecule has 2 aromatic rings. The highest BCUT2D eigenvalue weighted by atomic mass is 79.9. The van der Waals surface area contributed by atoms with E-state index in [0.29, 0.717) is 12.6 Å². The lowest BCUT2D eigenvalue weighted by Crippen LogP contribution is -2.14. The van der Waals surface area contributed by atoms with Gasteiger partial charge in [-0.1, -0.05) is 28.1 Å². The molecule has 1 N–H and O–H groups in total. The Morgan fingerprint density at radius 1 is 0.842 bits per heavy atom. The van der Waals surface area contributed by atoms with Crippen molar-refractivity contribution < 1.29 is 13.2 Å². The van der Waals surface area contributed by atoms with Gasteiger partial charge in [0.15, 0.2) is 11.6 Å². The van der Waals surface area contributed by atoms with Crippen LogP contribution in [0.15, 0.2) is 40.9 Å². The van der Waals surface area contributed by atoms with Gasteiger partial charge in [0.1, 0.15) is 5.82 Å². The minimum atomic E-state index is -1.17. The van der Waals surface area contributed by atoms with Gasteiger partial charge in [0, 0.05) is 29.2 Å². The number of hydrogen-bond donors (Lipinski definition) is 1. The number of halogens is 4. The molecule has 0 bridgehead atoms. The van der Waals surface area contributed by atoms with E-state index in [0.717, 1.165) is 16.1 Å². The van der Waals surface area contributed by atoms with Gasteiger partial charge in [-0.2, -0.15) is 0 Å². The van der Waals surface area contributed by atoms with Gasteiger partial charge in [-0.3, -0.25) is 0 Å². The maximum atomic E-state index is 13.4. The van der Waals surface area contributed by atoms with Crippen LogP contribution in [-0.2, 0) is 13.1 Å². The summed E-state index contributed by atoms with van der Waals surface area (Å²) in [5.74, 6) is -2.96. The van der Waals surface area contributed by atoms with Crippen LogP contribution >= 0.6 is 15.9 Å². The van der Waals surface area contributed by atoms with Crippen molar-refractivity contribution in [2.24, 2.45) is 0 Å². The lowest BCUT2D eigenvalue weighted by Gasteiger charge is -2.07. The molecule has 0 heterocycles. The normalized spacial score (nSPS) is 10.7. The Hall–Kier alpha value is -1.33. The molecule has 0 unspecified atom stereocenters. The second-order valence-corrected chi connectivity index (χ2v) is 5.00. The zero-order chi connectivity index (χ0) is 13.8. The SMILES string of the molecule is Fc1cc(F)c(CNCc2ccc(Br)cc2)cc1F. The minimum Gasteiger partial charge on any atom is -0.309 e. The zero-order valence-corrected chi connectivity index (χ0v) is 11.5. The van der Waals surface area contributed by atoms with E-state index in [1.54, 1.807) is 0 Å². The Balaban J connectivity index is 1.96. The molecule has 0 aliphatic rings. The van der Waals surface area contributed by atoms with Crippen LogP contribution in [-0.4, -0.2) is 0 Å². The van der Waals surface area contributed by atoms with Gasteiger partial charge in [0.25, 0.3) is 0 Å². The molecule has 2 rings (SSSR count). The third kappa shape index (κ3) is 3.81. The van der Waals surface area contributed by atoms with Crippen molar-refractivity contribution in [3.8, 4) is 0 Å². The number of benzene rings is 2. The number of rotatable bonds is 4. The predicted octanol–water partition coefficient (Wildman–Crippen LogP) is 4.16. The zero-order valence-electron chi connectivity index (χ0n) is 9.89. The standard InChI is InChI=1S/C14H11BrF3N/c15-11-3-1-9(2-4-11)7-19-8-10-5-13(17)14(18)6-12(10)16/h1-6,19H,7-8H2. The maximum absolute atomic E-state index is 13.4. The van der Waals surface area contributed by atoms with Crippen LogP contribution in [0.3, 0.4) is 0 Å². The molecular formula is C14H11BrF3N. The summed E-state index contributed by atoms with van der Waals surface area (Å²) in [6.45, 7) is 0.658. The summed E-state index contributed by atoms with van der Waals surface area (Å²) in [5, 5.41) is 2.98. The van der Waals surface area contributed by atoms with Crippen LogP contribution < -0.4 is 5.32 Å². The van der Waals surface area contributed by atoms with Crippen LogP contribution in [0.2, 0.25) is 0 Å². The summed E-state index contributed by atoms with van der Waals surface area (Å²) < 4.78 is 40.1. The molecule has 0 aliphatic heterocycles. The molecule has 0 saturated carbocycles. The molecule has 0 aromatic heterocycles. The van der Waals surface area contributed by atoms with Crippen LogP contribution in [0, 0.1) is 17.5 Å². The van der Waals surface area contributed by atoms with E-state index in [1.165, 1.54) is 0 Å². The molecule has 19 heavy (non-hydrogen) atoms. The molecular weight excluding hydrogens is 319 g/mol. The Morgan fingerprint density at radius 3 is 2.16 bits per heavy atom. The smallest absolute Gasteiger partial charge is 0.161 e. The summed E-state index contributed by atoms with van der Waals surface area (Å²) in [6, 6.07) is 9.06. The van der Waals surface area contributed by atoms with E-state index >= 15 is 0 Å². The molecule has 0 atom stereocenters. The molecule has 0 amide bonds. The Labute approximate surface area is 117 Å². The molecule has 5 heteroatoms. The first-order valence-corrected chi connectivity index (χ1v) is 6.44. The van der Waals surface area contributed by atoms with E-state index in [4.69, 9.17) is 0 Å². The fraction of sp³-hybridized carbons (Fsp3) is 0.143. The van der Waals surface area contributed by atoms with E-state index in [2.05, 4.69) is 21.2 Å². The Bertz CT molecular complexity index is 570. The summed E-state index contributed by atoms with van der Waals surface area (Å²) in [7, 11) is 0. The summed E-state index contributed by atoms with van der Waals surface area (Å²) in [5.41, 5.74) is 1.13. The lowest BCUT2D eigenvalue weighted by atomic mass is 10.2. The fourth-order valence-corrected chi connectivity index (χ4v) is 1.91.